The van der Waals surface area contributed by atoms with E-state index >= 15 is 0 Å². The van der Waals surface area contributed by atoms with Gasteiger partial charge in [0.25, 0.3) is 0 Å². The number of hydrogen-bond donors (Lipinski definition) is 0. The highest BCUT2D eigenvalue weighted by Crippen LogP contribution is 2.35. The number of thioether (sulfide) groups is 1. The highest BCUT2D eigenvalue weighted by atomic mass is 35.5. The first kappa shape index (κ1) is 21.4. The van der Waals surface area contributed by atoms with Crippen LogP contribution in [0, 0.1) is 27.7 Å². The second-order valence-corrected chi connectivity index (χ2v) is 10.1. The van der Waals surface area contributed by atoms with Crippen molar-refractivity contribution in [3.63, 3.8) is 0 Å². The Morgan fingerprint density at radius 1 is 1.10 bits per heavy atom. The highest BCUT2D eigenvalue weighted by molar-refractivity contribution is 8.00. The number of ketones is 1. The molecule has 0 atom stereocenters. The lowest BCUT2D eigenvalue weighted by Crippen LogP contribution is -2.06. The lowest BCUT2D eigenvalue weighted by Gasteiger charge is -2.11. The number of benzene rings is 1. The average molecular weight is 476 g/mol. The van der Waals surface area contributed by atoms with Gasteiger partial charge in [-0.2, -0.15) is 0 Å². The van der Waals surface area contributed by atoms with Gasteiger partial charge in [-0.1, -0.05) is 35.0 Å². The molecule has 154 valence electrons. The summed E-state index contributed by atoms with van der Waals surface area (Å²) in [6, 6.07) is 7.40. The van der Waals surface area contributed by atoms with E-state index in [2.05, 4.69) is 23.8 Å². The Labute approximate surface area is 193 Å². The molecule has 30 heavy (non-hydrogen) atoms. The largest absolute Gasteiger partial charge is 0.318 e. The maximum Gasteiger partial charge on any atom is 0.174 e. The summed E-state index contributed by atoms with van der Waals surface area (Å²) in [5, 5.41) is 2.90. The Bertz CT molecular complexity index is 1290. The third-order valence-corrected chi connectivity index (χ3v) is 8.01. The van der Waals surface area contributed by atoms with Crippen LogP contribution in [0.5, 0.6) is 0 Å². The van der Waals surface area contributed by atoms with Crippen molar-refractivity contribution in [2.45, 2.75) is 32.7 Å². The van der Waals surface area contributed by atoms with E-state index in [9.17, 15) is 4.79 Å². The summed E-state index contributed by atoms with van der Waals surface area (Å²) in [6.45, 7) is 8.08. The van der Waals surface area contributed by atoms with E-state index in [0.29, 0.717) is 21.4 Å². The lowest BCUT2D eigenvalue weighted by molar-refractivity contribution is 0.102. The molecule has 0 spiro atoms. The molecule has 0 aliphatic rings. The van der Waals surface area contributed by atoms with Gasteiger partial charge in [0.05, 0.1) is 15.8 Å². The smallest absolute Gasteiger partial charge is 0.174 e. The number of rotatable bonds is 5. The maximum atomic E-state index is 13.1. The van der Waals surface area contributed by atoms with E-state index in [0.717, 1.165) is 32.3 Å². The van der Waals surface area contributed by atoms with Gasteiger partial charge in [-0.15, -0.1) is 11.3 Å². The normalized spacial score (nSPS) is 11.4. The SMILES string of the molecule is Cc1sc2ncnc(SCC(=O)c3cc(C)n(-c4ccc(Cl)c(Cl)c4)c3C)c2c1C. The number of fused-ring (bicyclic) bond motifs is 1. The summed E-state index contributed by atoms with van der Waals surface area (Å²) >= 11 is 15.4. The zero-order valence-corrected chi connectivity index (χ0v) is 20.1. The summed E-state index contributed by atoms with van der Waals surface area (Å²) in [4.78, 5) is 24.1. The van der Waals surface area contributed by atoms with Crippen LogP contribution < -0.4 is 0 Å². The third kappa shape index (κ3) is 3.78. The van der Waals surface area contributed by atoms with Crippen molar-refractivity contribution < 1.29 is 4.79 Å². The van der Waals surface area contributed by atoms with Gasteiger partial charge in [0, 0.05) is 32.9 Å². The molecule has 0 saturated carbocycles. The van der Waals surface area contributed by atoms with E-state index in [1.54, 1.807) is 23.7 Å². The van der Waals surface area contributed by atoms with Gasteiger partial charge in [0.15, 0.2) is 5.78 Å². The van der Waals surface area contributed by atoms with Crippen LogP contribution in [0.3, 0.4) is 0 Å². The minimum atomic E-state index is 0.0655. The zero-order valence-electron chi connectivity index (χ0n) is 16.9. The minimum absolute atomic E-state index is 0.0655. The molecular weight excluding hydrogens is 457 g/mol. The monoisotopic (exact) mass is 475 g/mol. The molecule has 3 heterocycles. The number of Topliss-reactive ketones (excluding diaryl/α,β-unsaturated/α-hetero) is 1. The highest BCUT2D eigenvalue weighted by Gasteiger charge is 2.19. The topological polar surface area (TPSA) is 47.8 Å². The van der Waals surface area contributed by atoms with Gasteiger partial charge >= 0.3 is 0 Å². The van der Waals surface area contributed by atoms with E-state index < -0.39 is 0 Å². The number of thiophene rings is 1. The van der Waals surface area contributed by atoms with Crippen LogP contribution in [0.15, 0.2) is 35.6 Å². The number of aryl methyl sites for hydroxylation is 3. The number of nitrogens with zero attached hydrogens (tertiary/aromatic N) is 3. The second kappa shape index (κ2) is 8.35. The van der Waals surface area contributed by atoms with Gasteiger partial charge in [-0.3, -0.25) is 4.79 Å². The molecule has 0 saturated heterocycles. The molecule has 0 N–H and O–H groups in total. The van der Waals surface area contributed by atoms with Crippen LogP contribution in [-0.4, -0.2) is 26.1 Å². The van der Waals surface area contributed by atoms with E-state index in [1.165, 1.54) is 22.2 Å². The first-order chi connectivity index (χ1) is 14.3. The minimum Gasteiger partial charge on any atom is -0.318 e. The van der Waals surface area contributed by atoms with E-state index in [1.807, 2.05) is 36.6 Å². The van der Waals surface area contributed by atoms with Crippen molar-refractivity contribution in [2.24, 2.45) is 0 Å². The van der Waals surface area contributed by atoms with Crippen molar-refractivity contribution in [1.29, 1.82) is 0 Å². The fourth-order valence-electron chi connectivity index (χ4n) is 3.54. The Morgan fingerprint density at radius 2 is 1.87 bits per heavy atom. The van der Waals surface area contributed by atoms with Crippen molar-refractivity contribution >= 4 is 62.3 Å². The summed E-state index contributed by atoms with van der Waals surface area (Å²) in [5.41, 5.74) is 4.62. The predicted octanol–water partition coefficient (Wildman–Crippen LogP) is 7.00. The number of hydrogen-bond acceptors (Lipinski definition) is 5. The molecule has 4 nitrogen and oxygen atoms in total. The van der Waals surface area contributed by atoms with Crippen LogP contribution in [0.1, 0.15) is 32.2 Å². The van der Waals surface area contributed by atoms with Crippen molar-refractivity contribution in [3.8, 4) is 5.69 Å². The van der Waals surface area contributed by atoms with Gasteiger partial charge in [0.2, 0.25) is 0 Å². The van der Waals surface area contributed by atoms with Crippen LogP contribution in [0.25, 0.3) is 15.9 Å². The van der Waals surface area contributed by atoms with Crippen LogP contribution in [-0.2, 0) is 0 Å². The molecule has 8 heteroatoms. The number of carbonyl (C=O) groups excluding carboxylic acids is 1. The van der Waals surface area contributed by atoms with Gasteiger partial charge in [0.1, 0.15) is 16.2 Å². The molecule has 1 aromatic carbocycles. The molecule has 0 radical (unpaired) electrons. The Morgan fingerprint density at radius 3 is 2.60 bits per heavy atom. The molecule has 0 fully saturated rings. The molecule has 0 amide bonds. The van der Waals surface area contributed by atoms with Crippen molar-refractivity contribution in [3.05, 3.63) is 68.0 Å². The quantitative estimate of drug-likeness (QED) is 0.177. The standard InChI is InChI=1S/C22H19Cl2N3OS2/c1-11-7-16(13(3)27(11)15-5-6-17(23)18(24)8-15)19(28)9-29-21-20-12(2)14(4)30-22(20)26-10-25-21/h5-8,10H,9H2,1-4H3. The van der Waals surface area contributed by atoms with Crippen LogP contribution in [0.4, 0.5) is 0 Å². The lowest BCUT2D eigenvalue weighted by atomic mass is 10.2. The number of halogens is 2. The summed E-state index contributed by atoms with van der Waals surface area (Å²) in [6.07, 6.45) is 1.57. The Kier molecular flexibility index (Phi) is 5.95. The van der Waals surface area contributed by atoms with Gasteiger partial charge in [-0.05, 0) is 57.5 Å². The van der Waals surface area contributed by atoms with Crippen LogP contribution >= 0.6 is 46.3 Å². The first-order valence-electron chi connectivity index (χ1n) is 9.29. The predicted molar refractivity (Wildman–Crippen MR) is 127 cm³/mol. The molecule has 0 aliphatic carbocycles. The van der Waals surface area contributed by atoms with Gasteiger partial charge < -0.3 is 4.57 Å². The molecule has 0 bridgehead atoms. The van der Waals surface area contributed by atoms with E-state index in [4.69, 9.17) is 23.2 Å². The molecule has 0 unspecified atom stereocenters. The maximum absolute atomic E-state index is 13.1. The molecule has 0 aliphatic heterocycles. The fourth-order valence-corrected chi connectivity index (χ4v) is 5.83. The molecule has 3 aromatic heterocycles. The third-order valence-electron chi connectivity index (χ3n) is 5.16. The second-order valence-electron chi connectivity index (χ2n) is 7.07. The molecular formula is C22H19Cl2N3OS2. The first-order valence-corrected chi connectivity index (χ1v) is 11.8. The van der Waals surface area contributed by atoms with Gasteiger partial charge in [-0.25, -0.2) is 9.97 Å². The summed E-state index contributed by atoms with van der Waals surface area (Å²) in [7, 11) is 0. The Hall–Kier alpha value is -1.86. The number of carbonyl (C=O) groups is 1. The van der Waals surface area contributed by atoms with E-state index in [-0.39, 0.29) is 5.78 Å². The molecule has 4 aromatic rings. The average Bonchev–Trinajstić information content (AvgIpc) is 3.18. The summed E-state index contributed by atoms with van der Waals surface area (Å²) in [5.74, 6) is 0.377. The Balaban J connectivity index is 1.62. The summed E-state index contributed by atoms with van der Waals surface area (Å²) < 4.78 is 2.02. The number of aromatic nitrogens is 3. The fraction of sp³-hybridized carbons (Fsp3) is 0.227. The van der Waals surface area contributed by atoms with Crippen LogP contribution in [0.2, 0.25) is 10.0 Å². The zero-order chi connectivity index (χ0) is 21.6. The van der Waals surface area contributed by atoms with Crippen molar-refractivity contribution in [2.75, 3.05) is 5.75 Å². The molecule has 4 rings (SSSR count). The van der Waals surface area contributed by atoms with Crippen molar-refractivity contribution in [1.82, 2.24) is 14.5 Å².